The lowest BCUT2D eigenvalue weighted by atomic mass is 10.1. The minimum Gasteiger partial charge on any atom is -0.489 e. The molecule has 3 rings (SSSR count). The number of carbonyl (C=O) groups is 2. The van der Waals surface area contributed by atoms with Crippen molar-refractivity contribution in [1.29, 1.82) is 0 Å². The largest absolute Gasteiger partial charge is 0.489 e. The van der Waals surface area contributed by atoms with E-state index in [9.17, 15) is 34.9 Å². The van der Waals surface area contributed by atoms with Crippen molar-refractivity contribution in [2.75, 3.05) is 13.7 Å². The number of aliphatic hydroxyl groups is 1. The highest BCUT2D eigenvalue weighted by Gasteiger charge is 2.16. The molecule has 3 aromatic carbocycles. The predicted molar refractivity (Wildman–Crippen MR) is 132 cm³/mol. The van der Waals surface area contributed by atoms with Gasteiger partial charge in [0.15, 0.2) is 12.9 Å². The fourth-order valence-corrected chi connectivity index (χ4v) is 3.37. The van der Waals surface area contributed by atoms with Crippen LogP contribution in [0.4, 0.5) is 11.4 Å². The topological polar surface area (TPSA) is 180 Å². The lowest BCUT2D eigenvalue weighted by Crippen LogP contribution is -2.24. The molecule has 0 radical (unpaired) electrons. The predicted octanol–water partition coefficient (Wildman–Crippen LogP) is 3.09. The summed E-state index contributed by atoms with van der Waals surface area (Å²) in [5.41, 5.74) is 0.611. The average molecular weight is 525 g/mol. The van der Waals surface area contributed by atoms with Gasteiger partial charge >= 0.3 is 0 Å². The Hall–Kier alpha value is -5.04. The van der Waals surface area contributed by atoms with E-state index >= 15 is 0 Å². The maximum absolute atomic E-state index is 11.6. The van der Waals surface area contributed by atoms with Crippen LogP contribution in [0.5, 0.6) is 17.2 Å². The molecule has 2 N–H and O–H groups in total. The van der Waals surface area contributed by atoms with Gasteiger partial charge in [-0.1, -0.05) is 0 Å². The molecule has 0 aliphatic rings. The summed E-state index contributed by atoms with van der Waals surface area (Å²) in [6.07, 6.45) is 0.369. The molecule has 198 valence electrons. The third-order valence-corrected chi connectivity index (χ3v) is 5.23. The van der Waals surface area contributed by atoms with Crippen LogP contribution >= 0.6 is 0 Å². The number of amides is 1. The van der Waals surface area contributed by atoms with Crippen molar-refractivity contribution in [3.05, 3.63) is 97.1 Å². The summed E-state index contributed by atoms with van der Waals surface area (Å²) in [6, 6.07) is 12.8. The van der Waals surface area contributed by atoms with E-state index in [1.54, 1.807) is 18.2 Å². The highest BCUT2D eigenvalue weighted by molar-refractivity contribution is 5.82. The molecular formula is C25H23N3O10. The van der Waals surface area contributed by atoms with E-state index < -0.39 is 16.5 Å². The fourth-order valence-electron chi connectivity index (χ4n) is 3.37. The van der Waals surface area contributed by atoms with E-state index in [0.29, 0.717) is 28.9 Å². The van der Waals surface area contributed by atoms with Crippen LogP contribution in [0.3, 0.4) is 0 Å². The zero-order valence-corrected chi connectivity index (χ0v) is 20.1. The van der Waals surface area contributed by atoms with Gasteiger partial charge in [0.25, 0.3) is 17.3 Å². The first-order valence-electron chi connectivity index (χ1n) is 11.1. The molecule has 0 atom stereocenters. The number of aldehydes is 1. The first kappa shape index (κ1) is 27.5. The first-order chi connectivity index (χ1) is 18.2. The number of nitrogens with zero attached hydrogens (tertiary/aromatic N) is 2. The second kappa shape index (κ2) is 12.8. The number of aliphatic hydroxyl groups excluding tert-OH is 1. The van der Waals surface area contributed by atoms with Gasteiger partial charge < -0.3 is 24.6 Å². The quantitative estimate of drug-likeness (QED) is 0.191. The molecule has 0 bridgehead atoms. The highest BCUT2D eigenvalue weighted by Crippen LogP contribution is 2.27. The zero-order valence-electron chi connectivity index (χ0n) is 20.1. The lowest BCUT2D eigenvalue weighted by Gasteiger charge is -2.13. The first-order valence-corrected chi connectivity index (χ1v) is 11.1. The molecule has 0 saturated carbocycles. The van der Waals surface area contributed by atoms with E-state index in [1.807, 2.05) is 0 Å². The van der Waals surface area contributed by atoms with Crippen molar-refractivity contribution in [3.63, 3.8) is 0 Å². The molecule has 13 nitrogen and oxygen atoms in total. The minimum atomic E-state index is -0.665. The van der Waals surface area contributed by atoms with Crippen LogP contribution in [0, 0.1) is 20.2 Å². The van der Waals surface area contributed by atoms with E-state index in [0.717, 1.165) is 0 Å². The number of rotatable bonds is 13. The van der Waals surface area contributed by atoms with Gasteiger partial charge in [0, 0.05) is 19.2 Å². The van der Waals surface area contributed by atoms with Gasteiger partial charge in [-0.05, 0) is 53.6 Å². The molecule has 0 unspecified atom stereocenters. The maximum Gasteiger partial charge on any atom is 0.280 e. The molecule has 0 aromatic heterocycles. The number of hydrogen-bond acceptors (Lipinski definition) is 10. The molecule has 0 aliphatic carbocycles. The van der Waals surface area contributed by atoms with Crippen molar-refractivity contribution in [3.8, 4) is 17.2 Å². The molecular weight excluding hydrogens is 502 g/mol. The molecule has 3 aromatic rings. The van der Waals surface area contributed by atoms with E-state index in [-0.39, 0.29) is 54.0 Å². The fraction of sp³-hybridized carbons (Fsp3) is 0.200. The Bertz CT molecular complexity index is 1360. The Morgan fingerprint density at radius 2 is 1.45 bits per heavy atom. The van der Waals surface area contributed by atoms with Gasteiger partial charge in [0.1, 0.15) is 30.5 Å². The summed E-state index contributed by atoms with van der Waals surface area (Å²) < 4.78 is 17.0. The summed E-state index contributed by atoms with van der Waals surface area (Å²) in [5, 5.41) is 34.0. The van der Waals surface area contributed by atoms with E-state index in [4.69, 9.17) is 14.2 Å². The Morgan fingerprint density at radius 1 is 0.868 bits per heavy atom. The van der Waals surface area contributed by atoms with Crippen LogP contribution in [-0.4, -0.2) is 40.8 Å². The summed E-state index contributed by atoms with van der Waals surface area (Å²) in [7, 11) is 1.47. The lowest BCUT2D eigenvalue weighted by molar-refractivity contribution is -0.385. The Kier molecular flexibility index (Phi) is 9.26. The maximum atomic E-state index is 11.6. The average Bonchev–Trinajstić information content (AvgIpc) is 2.92. The summed E-state index contributed by atoms with van der Waals surface area (Å²) in [4.78, 5) is 43.7. The van der Waals surface area contributed by atoms with Crippen LogP contribution in [0.1, 0.15) is 27.0 Å². The SMILES string of the molecule is CNC(=O)COc1cc(COc2ccc([N+](=O)[O-])c(C=O)c2)cc(COc2ccc([N+](=O)[O-])c(CO)c2)c1. The van der Waals surface area contributed by atoms with Crippen LogP contribution in [0.2, 0.25) is 0 Å². The van der Waals surface area contributed by atoms with Crippen LogP contribution in [0.15, 0.2) is 54.6 Å². The number of benzene rings is 3. The van der Waals surface area contributed by atoms with Crippen molar-refractivity contribution in [2.45, 2.75) is 19.8 Å². The van der Waals surface area contributed by atoms with Crippen LogP contribution in [0.25, 0.3) is 0 Å². The van der Waals surface area contributed by atoms with Gasteiger partial charge in [-0.3, -0.25) is 29.8 Å². The van der Waals surface area contributed by atoms with Crippen molar-refractivity contribution < 1.29 is 38.8 Å². The standard InChI is InChI=1S/C25H23N3O10/c1-26-25(31)15-38-22-7-16(13-36-20-2-4-23(27(32)33)18(9-20)11-29)6-17(8-22)14-37-21-3-5-24(28(34)35)19(10-21)12-30/h2-11,30H,12-15H2,1H3,(H,26,31). The number of nitro groups is 2. The molecule has 0 spiro atoms. The summed E-state index contributed by atoms with van der Waals surface area (Å²) >= 11 is 0. The van der Waals surface area contributed by atoms with Crippen LogP contribution < -0.4 is 19.5 Å². The monoisotopic (exact) mass is 525 g/mol. The number of likely N-dealkylation sites (N-methyl/N-ethyl adjacent to an activating group) is 1. The number of ether oxygens (including phenoxy) is 3. The van der Waals surface area contributed by atoms with Crippen molar-refractivity contribution in [1.82, 2.24) is 5.32 Å². The van der Waals surface area contributed by atoms with Gasteiger partial charge in [-0.25, -0.2) is 0 Å². The Labute approximate surface area is 215 Å². The molecule has 0 heterocycles. The van der Waals surface area contributed by atoms with Gasteiger partial charge in [-0.2, -0.15) is 0 Å². The van der Waals surface area contributed by atoms with Gasteiger partial charge in [0.05, 0.1) is 27.6 Å². The number of hydrogen-bond donors (Lipinski definition) is 2. The Balaban J connectivity index is 1.80. The number of nitro benzene ring substituents is 2. The molecule has 0 fully saturated rings. The van der Waals surface area contributed by atoms with Crippen molar-refractivity contribution >= 4 is 23.6 Å². The van der Waals surface area contributed by atoms with Crippen molar-refractivity contribution in [2.24, 2.45) is 0 Å². The highest BCUT2D eigenvalue weighted by atomic mass is 16.6. The number of carbonyl (C=O) groups excluding carboxylic acids is 2. The second-order valence-corrected chi connectivity index (χ2v) is 7.83. The van der Waals surface area contributed by atoms with E-state index in [1.165, 1.54) is 43.4 Å². The zero-order chi connectivity index (χ0) is 27.7. The summed E-state index contributed by atoms with van der Waals surface area (Å²) in [5.74, 6) is 0.514. The minimum absolute atomic E-state index is 0.00747. The number of nitrogens with one attached hydrogen (secondary N) is 1. The van der Waals surface area contributed by atoms with Crippen LogP contribution in [-0.2, 0) is 24.6 Å². The third-order valence-electron chi connectivity index (χ3n) is 5.23. The summed E-state index contributed by atoms with van der Waals surface area (Å²) in [6.45, 7) is -0.771. The normalized spacial score (nSPS) is 10.4. The third kappa shape index (κ3) is 7.24. The molecule has 1 amide bonds. The second-order valence-electron chi connectivity index (χ2n) is 7.83. The Morgan fingerprint density at radius 3 is 1.97 bits per heavy atom. The smallest absolute Gasteiger partial charge is 0.280 e. The molecule has 0 aliphatic heterocycles. The van der Waals surface area contributed by atoms with E-state index in [2.05, 4.69) is 5.32 Å². The molecule has 13 heteroatoms. The molecule has 0 saturated heterocycles. The molecule has 38 heavy (non-hydrogen) atoms. The van der Waals surface area contributed by atoms with Gasteiger partial charge in [-0.15, -0.1) is 0 Å². The van der Waals surface area contributed by atoms with Gasteiger partial charge in [0.2, 0.25) is 0 Å².